The van der Waals surface area contributed by atoms with Crippen LogP contribution in [0, 0.1) is 6.92 Å². The molecule has 3 rings (SSSR count). The first-order valence-electron chi connectivity index (χ1n) is 6.47. The molecule has 0 spiro atoms. The highest BCUT2D eigenvalue weighted by Crippen LogP contribution is 2.28. The number of aryl methyl sites for hydroxylation is 1. The van der Waals surface area contributed by atoms with Crippen LogP contribution in [0.1, 0.15) is 26.2 Å². The quantitative estimate of drug-likeness (QED) is 0.791. The van der Waals surface area contributed by atoms with E-state index in [4.69, 9.17) is 9.52 Å². The summed E-state index contributed by atoms with van der Waals surface area (Å²) in [5, 5.41) is 9.77. The summed E-state index contributed by atoms with van der Waals surface area (Å²) in [6, 6.07) is 13.2. The van der Waals surface area contributed by atoms with Crippen LogP contribution >= 0.6 is 11.3 Å². The fourth-order valence-electron chi connectivity index (χ4n) is 2.13. The molecule has 0 fully saturated rings. The molecule has 0 aliphatic heterocycles. The fraction of sp³-hybridized carbons (Fsp3) is 0.125. The largest absolute Gasteiger partial charge is 0.475 e. The molecule has 0 atom stereocenters. The highest BCUT2D eigenvalue weighted by Gasteiger charge is 2.13. The molecule has 0 aliphatic carbocycles. The Bertz CT molecular complexity index is 774. The van der Waals surface area contributed by atoms with Crippen molar-refractivity contribution in [3.63, 3.8) is 0 Å². The normalized spacial score (nSPS) is 10.7. The van der Waals surface area contributed by atoms with E-state index < -0.39 is 5.97 Å². The molecule has 2 aromatic heterocycles. The smallest absolute Gasteiger partial charge is 0.371 e. The molecule has 0 unspecified atom stereocenters. The van der Waals surface area contributed by atoms with Crippen LogP contribution in [0.25, 0.3) is 11.3 Å². The van der Waals surface area contributed by atoms with Crippen LogP contribution < -0.4 is 0 Å². The average Bonchev–Trinajstić information content (AvgIpc) is 3.07. The standard InChI is InChI=1S/C16H13NO3S/c1-10-15(11-5-3-2-4-6-11)17-14(21-10)9-12-7-8-13(20-12)16(18)19/h2-8H,9H2,1H3,(H,18,19). The van der Waals surface area contributed by atoms with Gasteiger partial charge in [0.15, 0.2) is 0 Å². The minimum Gasteiger partial charge on any atom is -0.475 e. The van der Waals surface area contributed by atoms with E-state index >= 15 is 0 Å². The van der Waals surface area contributed by atoms with E-state index in [2.05, 4.69) is 4.98 Å². The number of carbonyl (C=O) groups is 1. The van der Waals surface area contributed by atoms with Crippen molar-refractivity contribution >= 4 is 17.3 Å². The molecule has 0 aliphatic rings. The van der Waals surface area contributed by atoms with Gasteiger partial charge in [-0.2, -0.15) is 0 Å². The number of hydrogen-bond acceptors (Lipinski definition) is 4. The molecule has 0 saturated heterocycles. The Morgan fingerprint density at radius 1 is 1.24 bits per heavy atom. The third kappa shape index (κ3) is 2.87. The highest BCUT2D eigenvalue weighted by molar-refractivity contribution is 7.12. The summed E-state index contributed by atoms with van der Waals surface area (Å²) in [6.07, 6.45) is 0.506. The molecule has 0 amide bonds. The first-order valence-corrected chi connectivity index (χ1v) is 7.29. The molecule has 2 heterocycles. The van der Waals surface area contributed by atoms with E-state index in [0.29, 0.717) is 12.2 Å². The van der Waals surface area contributed by atoms with E-state index in [9.17, 15) is 4.79 Å². The lowest BCUT2D eigenvalue weighted by Crippen LogP contribution is -1.92. The zero-order chi connectivity index (χ0) is 14.8. The van der Waals surface area contributed by atoms with Crippen LogP contribution in [0.3, 0.4) is 0 Å². The van der Waals surface area contributed by atoms with Crippen LogP contribution in [0.4, 0.5) is 0 Å². The lowest BCUT2D eigenvalue weighted by atomic mass is 10.1. The van der Waals surface area contributed by atoms with Crippen molar-refractivity contribution in [3.05, 3.63) is 63.9 Å². The first-order chi connectivity index (χ1) is 10.1. The van der Waals surface area contributed by atoms with E-state index in [0.717, 1.165) is 21.1 Å². The van der Waals surface area contributed by atoms with Crippen LogP contribution in [0.2, 0.25) is 0 Å². The summed E-state index contributed by atoms with van der Waals surface area (Å²) in [6.45, 7) is 2.04. The van der Waals surface area contributed by atoms with Gasteiger partial charge in [-0.25, -0.2) is 9.78 Å². The van der Waals surface area contributed by atoms with Gasteiger partial charge in [0.1, 0.15) is 10.8 Å². The van der Waals surface area contributed by atoms with Crippen molar-refractivity contribution in [1.29, 1.82) is 0 Å². The molecule has 1 aromatic carbocycles. The Morgan fingerprint density at radius 3 is 2.67 bits per heavy atom. The lowest BCUT2D eigenvalue weighted by Gasteiger charge is -1.96. The number of hydrogen-bond donors (Lipinski definition) is 1. The summed E-state index contributed by atoms with van der Waals surface area (Å²) in [4.78, 5) is 16.6. The SMILES string of the molecule is Cc1sc(Cc2ccc(C(=O)O)o2)nc1-c1ccccc1. The maximum Gasteiger partial charge on any atom is 0.371 e. The summed E-state index contributed by atoms with van der Waals surface area (Å²) in [5.41, 5.74) is 2.06. The zero-order valence-corrected chi connectivity index (χ0v) is 12.2. The summed E-state index contributed by atoms with van der Waals surface area (Å²) in [5.74, 6) is -0.483. The van der Waals surface area contributed by atoms with Crippen molar-refractivity contribution in [2.24, 2.45) is 0 Å². The molecule has 106 valence electrons. The Kier molecular flexibility index (Phi) is 3.58. The van der Waals surface area contributed by atoms with E-state index in [1.165, 1.54) is 6.07 Å². The molecule has 21 heavy (non-hydrogen) atoms. The number of benzene rings is 1. The predicted molar refractivity (Wildman–Crippen MR) is 80.8 cm³/mol. The number of carboxylic acids is 1. The van der Waals surface area contributed by atoms with Gasteiger partial charge in [0.25, 0.3) is 0 Å². The van der Waals surface area contributed by atoms with Crippen molar-refractivity contribution in [2.75, 3.05) is 0 Å². The van der Waals surface area contributed by atoms with Gasteiger partial charge in [-0.1, -0.05) is 30.3 Å². The van der Waals surface area contributed by atoms with Crippen molar-refractivity contribution < 1.29 is 14.3 Å². The Morgan fingerprint density at radius 2 is 2.00 bits per heavy atom. The topological polar surface area (TPSA) is 63.3 Å². The number of nitrogens with zero attached hydrogens (tertiary/aromatic N) is 1. The average molecular weight is 299 g/mol. The molecule has 4 nitrogen and oxygen atoms in total. The lowest BCUT2D eigenvalue weighted by molar-refractivity contribution is 0.0660. The van der Waals surface area contributed by atoms with Gasteiger partial charge in [0.2, 0.25) is 5.76 Å². The molecule has 5 heteroatoms. The van der Waals surface area contributed by atoms with Gasteiger partial charge in [-0.15, -0.1) is 11.3 Å². The van der Waals surface area contributed by atoms with Gasteiger partial charge in [-0.3, -0.25) is 0 Å². The second kappa shape index (κ2) is 5.54. The molecular formula is C16H13NO3S. The van der Waals surface area contributed by atoms with Crippen molar-refractivity contribution in [3.8, 4) is 11.3 Å². The minimum absolute atomic E-state index is 0.0402. The molecular weight excluding hydrogens is 286 g/mol. The summed E-state index contributed by atoms with van der Waals surface area (Å²) >= 11 is 1.60. The van der Waals surface area contributed by atoms with Gasteiger partial charge >= 0.3 is 5.97 Å². The highest BCUT2D eigenvalue weighted by atomic mass is 32.1. The van der Waals surface area contributed by atoms with Crippen LogP contribution in [-0.4, -0.2) is 16.1 Å². The maximum atomic E-state index is 10.8. The number of aromatic carboxylic acids is 1. The van der Waals surface area contributed by atoms with Crippen LogP contribution in [0.5, 0.6) is 0 Å². The number of rotatable bonds is 4. The molecule has 1 N–H and O–H groups in total. The third-order valence-electron chi connectivity index (χ3n) is 3.09. The summed E-state index contributed by atoms with van der Waals surface area (Å²) < 4.78 is 5.27. The van der Waals surface area contributed by atoms with E-state index in [1.807, 2.05) is 37.3 Å². The third-order valence-corrected chi connectivity index (χ3v) is 4.06. The van der Waals surface area contributed by atoms with E-state index in [-0.39, 0.29) is 5.76 Å². The Balaban J connectivity index is 1.85. The molecule has 0 radical (unpaired) electrons. The van der Waals surface area contributed by atoms with E-state index in [1.54, 1.807) is 17.4 Å². The van der Waals surface area contributed by atoms with Gasteiger partial charge in [0, 0.05) is 10.4 Å². The second-order valence-electron chi connectivity index (χ2n) is 4.63. The number of furan rings is 1. The first kappa shape index (κ1) is 13.6. The molecule has 0 saturated carbocycles. The van der Waals surface area contributed by atoms with Crippen LogP contribution in [0.15, 0.2) is 46.9 Å². The number of thiazole rings is 1. The molecule has 0 bridgehead atoms. The number of carboxylic acid groups (broad SMARTS) is 1. The van der Waals surface area contributed by atoms with Gasteiger partial charge in [-0.05, 0) is 19.1 Å². The minimum atomic E-state index is -1.05. The second-order valence-corrected chi connectivity index (χ2v) is 5.91. The van der Waals surface area contributed by atoms with Gasteiger partial charge in [0.05, 0.1) is 12.1 Å². The van der Waals surface area contributed by atoms with Crippen molar-refractivity contribution in [1.82, 2.24) is 4.98 Å². The monoisotopic (exact) mass is 299 g/mol. The predicted octanol–water partition coefficient (Wildman–Crippen LogP) is 4.00. The zero-order valence-electron chi connectivity index (χ0n) is 11.4. The van der Waals surface area contributed by atoms with Crippen LogP contribution in [-0.2, 0) is 6.42 Å². The van der Waals surface area contributed by atoms with Gasteiger partial charge < -0.3 is 9.52 Å². The molecule has 3 aromatic rings. The Labute approximate surface area is 125 Å². The Hall–Kier alpha value is -2.40. The maximum absolute atomic E-state index is 10.8. The summed E-state index contributed by atoms with van der Waals surface area (Å²) in [7, 11) is 0. The number of aromatic nitrogens is 1. The fourth-order valence-corrected chi connectivity index (χ4v) is 3.09. The van der Waals surface area contributed by atoms with Crippen molar-refractivity contribution in [2.45, 2.75) is 13.3 Å².